The van der Waals surface area contributed by atoms with Gasteiger partial charge in [0, 0.05) is 29.9 Å². The lowest BCUT2D eigenvalue weighted by Gasteiger charge is -2.31. The zero-order valence-corrected chi connectivity index (χ0v) is 30.2. The number of H-pyrrole nitrogens is 1. The molecule has 2 aliphatic rings. The number of amides is 2. The normalized spacial score (nSPS) is 18.0. The molecule has 0 spiro atoms. The van der Waals surface area contributed by atoms with Gasteiger partial charge in [-0.25, -0.2) is 9.97 Å². The van der Waals surface area contributed by atoms with Gasteiger partial charge in [0.1, 0.15) is 17.6 Å². The van der Waals surface area contributed by atoms with Gasteiger partial charge in [0.05, 0.1) is 35.7 Å². The molecule has 4 heterocycles. The number of hydrogen-bond donors (Lipinski definition) is 2. The molecule has 2 N–H and O–H groups in total. The third-order valence-electron chi connectivity index (χ3n) is 9.86. The van der Waals surface area contributed by atoms with E-state index in [4.69, 9.17) is 9.40 Å². The summed E-state index contributed by atoms with van der Waals surface area (Å²) in [5.74, 6) is 0.948. The van der Waals surface area contributed by atoms with Gasteiger partial charge in [0.25, 0.3) is 5.91 Å². The van der Waals surface area contributed by atoms with Crippen molar-refractivity contribution in [2.75, 3.05) is 53.1 Å². The Kier molecular flexibility index (Phi) is 9.85. The van der Waals surface area contributed by atoms with Crippen molar-refractivity contribution in [1.82, 2.24) is 29.7 Å². The van der Waals surface area contributed by atoms with Crippen molar-refractivity contribution >= 4 is 40.0 Å². The molecule has 2 aromatic heterocycles. The van der Waals surface area contributed by atoms with E-state index in [0.29, 0.717) is 42.4 Å². The summed E-state index contributed by atoms with van der Waals surface area (Å²) in [6.45, 7) is 3.31. The van der Waals surface area contributed by atoms with Crippen LogP contribution < -0.4 is 5.32 Å². The fourth-order valence-corrected chi connectivity index (χ4v) is 7.25. The number of ketones is 1. The minimum absolute atomic E-state index is 0.00804. The fraction of sp³-hybridized carbons (Fsp3) is 0.350. The number of aliphatic imine (C=N–C) groups is 1. The Balaban J connectivity index is 1.08. The Hall–Kier alpha value is -5.46. The molecule has 2 aliphatic heterocycles. The van der Waals surface area contributed by atoms with Gasteiger partial charge in [-0.05, 0) is 95.8 Å². The van der Waals surface area contributed by atoms with Crippen molar-refractivity contribution in [3.8, 4) is 22.8 Å². The SMILES string of the molecule is Cc1ccc(-c2ncc(-c3ccc4nc([C@@H]5CCCN5C(=O)[C@@H](c5ccccc5)N(C)C)[nH]c4c3)o2)cc1NC(=O)C1=NCCC1C(=O)CN(C)C. The summed E-state index contributed by atoms with van der Waals surface area (Å²) in [4.78, 5) is 63.1. The van der Waals surface area contributed by atoms with E-state index in [-0.39, 0.29) is 41.9 Å². The predicted octanol–water partition coefficient (Wildman–Crippen LogP) is 5.69. The predicted molar refractivity (Wildman–Crippen MR) is 201 cm³/mol. The molecule has 3 aromatic carbocycles. The second kappa shape index (κ2) is 14.6. The smallest absolute Gasteiger partial charge is 0.270 e. The minimum Gasteiger partial charge on any atom is -0.436 e. The number of fused-ring (bicyclic) bond motifs is 1. The number of aryl methyl sites for hydroxylation is 1. The van der Waals surface area contributed by atoms with Crippen LogP contribution in [0.15, 0.2) is 82.3 Å². The summed E-state index contributed by atoms with van der Waals surface area (Å²) < 4.78 is 6.25. The fourth-order valence-electron chi connectivity index (χ4n) is 7.25. The number of imidazole rings is 1. The third-order valence-corrected chi connectivity index (χ3v) is 9.86. The number of aromatic nitrogens is 3. The summed E-state index contributed by atoms with van der Waals surface area (Å²) in [6, 6.07) is 20.9. The average molecular weight is 701 g/mol. The summed E-state index contributed by atoms with van der Waals surface area (Å²) in [6.07, 6.45) is 3.97. The number of likely N-dealkylation sites (N-methyl/N-ethyl adjacent to an activating group) is 2. The molecule has 0 radical (unpaired) electrons. The molecule has 12 nitrogen and oxygen atoms in total. The van der Waals surface area contributed by atoms with Gasteiger partial charge >= 0.3 is 0 Å². The van der Waals surface area contributed by atoms with Crippen molar-refractivity contribution in [3.05, 3.63) is 89.9 Å². The van der Waals surface area contributed by atoms with Crippen LogP contribution >= 0.6 is 0 Å². The van der Waals surface area contributed by atoms with Crippen molar-refractivity contribution in [1.29, 1.82) is 0 Å². The van der Waals surface area contributed by atoms with Crippen molar-refractivity contribution in [2.45, 2.75) is 38.3 Å². The monoisotopic (exact) mass is 700 g/mol. The van der Waals surface area contributed by atoms with Crippen molar-refractivity contribution < 1.29 is 18.8 Å². The minimum atomic E-state index is -0.502. The first-order valence-corrected chi connectivity index (χ1v) is 17.7. The first-order valence-electron chi connectivity index (χ1n) is 17.7. The number of aromatic amines is 1. The molecule has 2 amide bonds. The molecule has 12 heteroatoms. The average Bonchev–Trinajstić information content (AvgIpc) is 3.95. The van der Waals surface area contributed by atoms with Crippen LogP contribution in [0.5, 0.6) is 0 Å². The molecule has 1 saturated heterocycles. The van der Waals surface area contributed by atoms with Crippen LogP contribution in [0.1, 0.15) is 48.3 Å². The second-order valence-corrected chi connectivity index (χ2v) is 14.1. The van der Waals surface area contributed by atoms with Crippen LogP contribution in [0.2, 0.25) is 0 Å². The van der Waals surface area contributed by atoms with Gasteiger partial charge in [-0.1, -0.05) is 36.4 Å². The van der Waals surface area contributed by atoms with E-state index in [1.807, 2.05) is 112 Å². The van der Waals surface area contributed by atoms with E-state index in [9.17, 15) is 14.4 Å². The number of oxazole rings is 1. The molecule has 7 rings (SSSR count). The molecule has 1 unspecified atom stereocenters. The Morgan fingerprint density at radius 1 is 1.00 bits per heavy atom. The highest BCUT2D eigenvalue weighted by Crippen LogP contribution is 2.36. The molecular weight excluding hydrogens is 656 g/mol. The van der Waals surface area contributed by atoms with E-state index in [1.165, 1.54) is 0 Å². The highest BCUT2D eigenvalue weighted by Gasteiger charge is 2.37. The largest absolute Gasteiger partial charge is 0.436 e. The van der Waals surface area contributed by atoms with Gasteiger partial charge in [-0.2, -0.15) is 0 Å². The summed E-state index contributed by atoms with van der Waals surface area (Å²) in [7, 11) is 7.54. The number of nitrogens with zero attached hydrogens (tertiary/aromatic N) is 6. The maximum atomic E-state index is 13.9. The highest BCUT2D eigenvalue weighted by molar-refractivity contribution is 6.47. The molecule has 0 saturated carbocycles. The van der Waals surface area contributed by atoms with Crippen LogP contribution in [0, 0.1) is 12.8 Å². The van der Waals surface area contributed by atoms with Gasteiger partial charge < -0.3 is 24.5 Å². The highest BCUT2D eigenvalue weighted by atomic mass is 16.4. The molecule has 3 atom stereocenters. The van der Waals surface area contributed by atoms with Crippen LogP contribution in [0.25, 0.3) is 33.8 Å². The van der Waals surface area contributed by atoms with Crippen LogP contribution in [-0.4, -0.2) is 101 Å². The molecule has 52 heavy (non-hydrogen) atoms. The van der Waals surface area contributed by atoms with Crippen LogP contribution in [0.4, 0.5) is 5.69 Å². The first kappa shape index (κ1) is 35.0. The number of carbonyl (C=O) groups is 3. The molecule has 0 bridgehead atoms. The number of carbonyl (C=O) groups excluding carboxylic acids is 3. The number of likely N-dealkylation sites (tertiary alicyclic amines) is 1. The zero-order valence-electron chi connectivity index (χ0n) is 30.2. The number of rotatable bonds is 11. The van der Waals surface area contributed by atoms with Crippen molar-refractivity contribution in [3.63, 3.8) is 0 Å². The standard InChI is InChI=1S/C40H44N8O4/c1-24-13-14-27(21-30(24)45-38(50)35-28(17-18-41-35)33(49)23-46(2)3)39-42-22-34(52-39)26-15-16-29-31(20-26)44-37(43-29)32-12-9-19-48(32)40(51)36(47(4)5)25-10-7-6-8-11-25/h6-8,10-11,13-16,20-22,28,32,36H,9,12,17-19,23H2,1-5H3,(H,43,44)(H,45,50)/t28?,32-,36+/m0/s1. The maximum absolute atomic E-state index is 13.9. The number of nitrogens with one attached hydrogen (secondary N) is 2. The lowest BCUT2D eigenvalue weighted by Crippen LogP contribution is -2.40. The third kappa shape index (κ3) is 7.04. The van der Waals surface area contributed by atoms with E-state index < -0.39 is 5.92 Å². The molecular formula is C40H44N8O4. The van der Waals surface area contributed by atoms with Gasteiger partial charge in [0.15, 0.2) is 11.5 Å². The van der Waals surface area contributed by atoms with Gasteiger partial charge in [-0.3, -0.25) is 24.3 Å². The quantitative estimate of drug-likeness (QED) is 0.179. The topological polar surface area (TPSA) is 140 Å². The van der Waals surface area contributed by atoms with E-state index in [1.54, 1.807) is 11.1 Å². The van der Waals surface area contributed by atoms with E-state index in [2.05, 4.69) is 20.3 Å². The molecule has 0 aliphatic carbocycles. The summed E-state index contributed by atoms with van der Waals surface area (Å²) in [5.41, 5.74) is 5.88. The lowest BCUT2D eigenvalue weighted by molar-refractivity contribution is -0.137. The first-order chi connectivity index (χ1) is 25.1. The Labute approximate surface area is 302 Å². The summed E-state index contributed by atoms with van der Waals surface area (Å²) >= 11 is 0. The molecule has 1 fully saturated rings. The molecule has 5 aromatic rings. The van der Waals surface area contributed by atoms with Crippen LogP contribution in [-0.2, 0) is 14.4 Å². The van der Waals surface area contributed by atoms with E-state index in [0.717, 1.165) is 46.4 Å². The Morgan fingerprint density at radius 2 is 1.79 bits per heavy atom. The lowest BCUT2D eigenvalue weighted by atomic mass is 9.96. The number of benzene rings is 3. The Bertz CT molecular complexity index is 2150. The summed E-state index contributed by atoms with van der Waals surface area (Å²) in [5, 5.41) is 2.97. The van der Waals surface area contributed by atoms with Gasteiger partial charge in [-0.15, -0.1) is 0 Å². The maximum Gasteiger partial charge on any atom is 0.270 e. The number of anilines is 1. The van der Waals surface area contributed by atoms with Gasteiger partial charge in [0.2, 0.25) is 11.8 Å². The van der Waals surface area contributed by atoms with Crippen LogP contribution in [0.3, 0.4) is 0 Å². The van der Waals surface area contributed by atoms with Crippen molar-refractivity contribution in [2.24, 2.45) is 10.9 Å². The van der Waals surface area contributed by atoms with E-state index >= 15 is 0 Å². The second-order valence-electron chi connectivity index (χ2n) is 14.1. The number of hydrogen-bond acceptors (Lipinski definition) is 9. The molecule has 268 valence electrons. The number of Topliss-reactive ketones (excluding diaryl/α,β-unsaturated/α-hetero) is 1. The zero-order chi connectivity index (χ0) is 36.5. The Morgan fingerprint density at radius 3 is 2.56 bits per heavy atom.